The van der Waals surface area contributed by atoms with Crippen LogP contribution in [0.25, 0.3) is 10.9 Å². The number of ketones is 1. The highest BCUT2D eigenvalue weighted by Crippen LogP contribution is 2.21. The van der Waals surface area contributed by atoms with Crippen LogP contribution in [0.2, 0.25) is 0 Å². The van der Waals surface area contributed by atoms with Crippen LogP contribution in [0.1, 0.15) is 28.4 Å². The number of nitrogens with zero attached hydrogens (tertiary/aromatic N) is 1. The first kappa shape index (κ1) is 23.0. The summed E-state index contributed by atoms with van der Waals surface area (Å²) in [5.74, 6) is 0.163. The van der Waals surface area contributed by atoms with E-state index in [0.717, 1.165) is 17.4 Å². The first-order chi connectivity index (χ1) is 16.4. The minimum Gasteiger partial charge on any atom is -0.497 e. The number of benzene rings is 3. The van der Waals surface area contributed by atoms with Gasteiger partial charge in [-0.05, 0) is 61.0 Å². The van der Waals surface area contributed by atoms with E-state index in [1.54, 1.807) is 37.4 Å². The van der Waals surface area contributed by atoms with Crippen LogP contribution in [0.4, 0.5) is 5.69 Å². The molecule has 6 heteroatoms. The molecule has 1 heterocycles. The molecule has 1 amide bonds. The van der Waals surface area contributed by atoms with E-state index < -0.39 is 0 Å². The van der Waals surface area contributed by atoms with E-state index in [1.165, 1.54) is 11.5 Å². The second-order valence-electron chi connectivity index (χ2n) is 8.16. The van der Waals surface area contributed by atoms with Crippen molar-refractivity contribution in [3.8, 4) is 5.75 Å². The fourth-order valence-corrected chi connectivity index (χ4v) is 3.96. The molecular formula is C28H26N2O4. The van der Waals surface area contributed by atoms with Crippen LogP contribution in [0, 0.1) is 0 Å². The summed E-state index contributed by atoms with van der Waals surface area (Å²) in [7, 11) is 1.56. The number of hydrogen-bond donors (Lipinski definition) is 1. The molecule has 0 aliphatic carbocycles. The molecule has 0 bridgehead atoms. The molecule has 3 aromatic carbocycles. The lowest BCUT2D eigenvalue weighted by atomic mass is 10.0. The van der Waals surface area contributed by atoms with Gasteiger partial charge in [0, 0.05) is 22.9 Å². The predicted molar refractivity (Wildman–Crippen MR) is 134 cm³/mol. The van der Waals surface area contributed by atoms with Crippen LogP contribution >= 0.6 is 0 Å². The minimum absolute atomic E-state index is 0.0866. The molecule has 0 saturated heterocycles. The Labute approximate surface area is 197 Å². The summed E-state index contributed by atoms with van der Waals surface area (Å²) in [5.41, 5.74) is 3.23. The predicted octanol–water partition coefficient (Wildman–Crippen LogP) is 4.64. The smallest absolute Gasteiger partial charge is 0.254 e. The molecule has 0 fully saturated rings. The molecule has 4 aromatic rings. The summed E-state index contributed by atoms with van der Waals surface area (Å²) >= 11 is 0. The van der Waals surface area contributed by atoms with E-state index in [4.69, 9.17) is 4.74 Å². The maximum atomic E-state index is 13.4. The summed E-state index contributed by atoms with van der Waals surface area (Å²) in [6, 6.07) is 24.1. The number of amides is 1. The van der Waals surface area contributed by atoms with Gasteiger partial charge in [0.25, 0.3) is 5.56 Å². The number of ether oxygens (including phenoxy) is 1. The zero-order chi connectivity index (χ0) is 24.1. The van der Waals surface area contributed by atoms with Crippen LogP contribution in [-0.4, -0.2) is 23.4 Å². The zero-order valence-electron chi connectivity index (χ0n) is 19.2. The van der Waals surface area contributed by atoms with Crippen LogP contribution in [0.5, 0.6) is 5.75 Å². The summed E-state index contributed by atoms with van der Waals surface area (Å²) < 4.78 is 6.83. The molecule has 0 radical (unpaired) electrons. The Balaban J connectivity index is 1.66. The molecule has 0 aliphatic heterocycles. The third-order valence-corrected chi connectivity index (χ3v) is 5.76. The van der Waals surface area contributed by atoms with E-state index in [-0.39, 0.29) is 23.8 Å². The van der Waals surface area contributed by atoms with Gasteiger partial charge in [-0.15, -0.1) is 0 Å². The lowest BCUT2D eigenvalue weighted by Crippen LogP contribution is -2.30. The van der Waals surface area contributed by atoms with Crippen molar-refractivity contribution in [2.75, 3.05) is 12.4 Å². The van der Waals surface area contributed by atoms with Crippen LogP contribution in [0.15, 0.2) is 83.7 Å². The van der Waals surface area contributed by atoms with Crippen LogP contribution in [0.3, 0.4) is 0 Å². The van der Waals surface area contributed by atoms with E-state index in [1.807, 2.05) is 48.5 Å². The highest BCUT2D eigenvalue weighted by molar-refractivity contribution is 5.97. The molecule has 0 unspecified atom stereocenters. The van der Waals surface area contributed by atoms with Gasteiger partial charge in [-0.1, -0.05) is 42.5 Å². The maximum Gasteiger partial charge on any atom is 0.254 e. The summed E-state index contributed by atoms with van der Waals surface area (Å²) in [5, 5.41) is 3.66. The van der Waals surface area contributed by atoms with Gasteiger partial charge in [0.2, 0.25) is 5.91 Å². The number of carbonyl (C=O) groups is 2. The highest BCUT2D eigenvalue weighted by atomic mass is 16.5. The van der Waals surface area contributed by atoms with Gasteiger partial charge in [-0.3, -0.25) is 19.0 Å². The Morgan fingerprint density at radius 1 is 0.912 bits per heavy atom. The Morgan fingerprint density at radius 2 is 1.71 bits per heavy atom. The molecule has 6 nitrogen and oxygen atoms in total. The molecular weight excluding hydrogens is 428 g/mol. The van der Waals surface area contributed by atoms with Crippen molar-refractivity contribution in [2.45, 2.75) is 26.3 Å². The van der Waals surface area contributed by atoms with Gasteiger partial charge in [0.15, 0.2) is 5.78 Å². The van der Waals surface area contributed by atoms with Gasteiger partial charge >= 0.3 is 0 Å². The number of fused-ring (bicyclic) bond motifs is 1. The Kier molecular flexibility index (Phi) is 6.87. The Bertz CT molecular complexity index is 1410. The number of methoxy groups -OCH3 is 1. The second kappa shape index (κ2) is 10.2. The second-order valence-corrected chi connectivity index (χ2v) is 8.16. The van der Waals surface area contributed by atoms with Crippen LogP contribution in [-0.2, 0) is 24.2 Å². The summed E-state index contributed by atoms with van der Waals surface area (Å²) in [6.45, 7) is 1.31. The van der Waals surface area contributed by atoms with Crippen molar-refractivity contribution in [3.05, 3.63) is 106 Å². The number of aryl methyl sites for hydroxylation is 2. The number of aromatic nitrogens is 1. The average Bonchev–Trinajstić information content (AvgIpc) is 2.85. The summed E-state index contributed by atoms with van der Waals surface area (Å²) in [4.78, 5) is 38.0. The molecule has 34 heavy (non-hydrogen) atoms. The van der Waals surface area contributed by atoms with Gasteiger partial charge in [-0.25, -0.2) is 0 Å². The maximum absolute atomic E-state index is 13.4. The zero-order valence-corrected chi connectivity index (χ0v) is 19.2. The van der Waals surface area contributed by atoms with Crippen molar-refractivity contribution < 1.29 is 14.3 Å². The molecule has 0 saturated carbocycles. The lowest BCUT2D eigenvalue weighted by Gasteiger charge is -2.14. The van der Waals surface area contributed by atoms with Crippen molar-refractivity contribution in [2.24, 2.45) is 0 Å². The van der Waals surface area contributed by atoms with Crippen molar-refractivity contribution in [3.63, 3.8) is 0 Å². The van der Waals surface area contributed by atoms with E-state index in [0.29, 0.717) is 34.5 Å². The topological polar surface area (TPSA) is 77.4 Å². The number of carbonyl (C=O) groups excluding carboxylic acids is 2. The average molecular weight is 455 g/mol. The molecule has 0 atom stereocenters. The molecule has 1 N–H and O–H groups in total. The Morgan fingerprint density at radius 3 is 2.44 bits per heavy atom. The fraction of sp³-hybridized carbons (Fsp3) is 0.179. The van der Waals surface area contributed by atoms with Gasteiger partial charge < -0.3 is 10.1 Å². The first-order valence-electron chi connectivity index (χ1n) is 11.1. The SMILES string of the molecule is COc1ccc2cc(CCc3ccccc3)c(=O)n(CC(=O)Nc3cccc(C(C)=O)c3)c2c1. The summed E-state index contributed by atoms with van der Waals surface area (Å²) in [6.07, 6.45) is 1.29. The molecule has 0 spiro atoms. The molecule has 1 aromatic heterocycles. The third kappa shape index (κ3) is 5.23. The number of pyridine rings is 1. The van der Waals surface area contributed by atoms with E-state index in [2.05, 4.69) is 5.32 Å². The van der Waals surface area contributed by atoms with Crippen molar-refractivity contribution in [1.29, 1.82) is 0 Å². The largest absolute Gasteiger partial charge is 0.497 e. The Hall–Kier alpha value is -4.19. The number of nitrogens with one attached hydrogen (secondary N) is 1. The quantitative estimate of drug-likeness (QED) is 0.394. The van der Waals surface area contributed by atoms with Crippen molar-refractivity contribution in [1.82, 2.24) is 4.57 Å². The monoisotopic (exact) mass is 454 g/mol. The number of anilines is 1. The molecule has 0 aliphatic rings. The minimum atomic E-state index is -0.355. The van der Waals surface area contributed by atoms with E-state index >= 15 is 0 Å². The molecule has 172 valence electrons. The van der Waals surface area contributed by atoms with Gasteiger partial charge in [0.05, 0.1) is 12.6 Å². The number of rotatable bonds is 8. The lowest BCUT2D eigenvalue weighted by molar-refractivity contribution is -0.116. The highest BCUT2D eigenvalue weighted by Gasteiger charge is 2.14. The van der Waals surface area contributed by atoms with Crippen LogP contribution < -0.4 is 15.6 Å². The van der Waals surface area contributed by atoms with Gasteiger partial charge in [0.1, 0.15) is 12.3 Å². The fourth-order valence-electron chi connectivity index (χ4n) is 3.96. The van der Waals surface area contributed by atoms with E-state index in [9.17, 15) is 14.4 Å². The number of Topliss-reactive ketones (excluding diaryl/α,β-unsaturated/α-hetero) is 1. The van der Waals surface area contributed by atoms with Crippen molar-refractivity contribution >= 4 is 28.3 Å². The van der Waals surface area contributed by atoms with Gasteiger partial charge in [-0.2, -0.15) is 0 Å². The normalized spacial score (nSPS) is 10.8. The number of hydrogen-bond acceptors (Lipinski definition) is 4. The first-order valence-corrected chi connectivity index (χ1v) is 11.1. The third-order valence-electron chi connectivity index (χ3n) is 5.76. The molecule has 4 rings (SSSR count). The standard InChI is InChI=1S/C28H26N2O4/c1-19(31)21-9-6-10-24(16-21)29-27(32)18-30-26-17-25(34-2)14-13-22(26)15-23(28(30)33)12-11-20-7-4-3-5-8-20/h3-10,13-17H,11-12,18H2,1-2H3,(H,29,32).